The molecule has 6 heteroatoms. The average Bonchev–Trinajstić information content (AvgIpc) is 3.03. The van der Waals surface area contributed by atoms with E-state index >= 15 is 0 Å². The van der Waals surface area contributed by atoms with Gasteiger partial charge in [0, 0.05) is 0 Å². The second kappa shape index (κ2) is 5.72. The molecule has 1 aliphatic rings. The predicted octanol–water partition coefficient (Wildman–Crippen LogP) is 3.48. The number of hydrogen-bond donors (Lipinski definition) is 0. The van der Waals surface area contributed by atoms with E-state index in [-0.39, 0.29) is 0 Å². The molecule has 1 saturated heterocycles. The molecule has 0 N–H and O–H groups in total. The first kappa shape index (κ1) is 13.9. The Labute approximate surface area is 128 Å². The van der Waals surface area contributed by atoms with Gasteiger partial charge in [-0.3, -0.25) is 4.90 Å². The summed E-state index contributed by atoms with van der Waals surface area (Å²) < 4.78 is 1.81. The van der Waals surface area contributed by atoms with Crippen molar-refractivity contribution in [2.45, 2.75) is 26.3 Å². The largest absolute Gasteiger partial charge is 0.296 e. The number of nitrogens with zero attached hydrogens (tertiary/aromatic N) is 4. The van der Waals surface area contributed by atoms with Crippen LogP contribution in [0.2, 0.25) is 10.0 Å². The molecule has 0 bridgehead atoms. The van der Waals surface area contributed by atoms with E-state index in [0.717, 1.165) is 37.0 Å². The Morgan fingerprint density at radius 1 is 1.15 bits per heavy atom. The van der Waals surface area contributed by atoms with Crippen LogP contribution in [-0.2, 0) is 6.54 Å². The molecule has 20 heavy (non-hydrogen) atoms. The van der Waals surface area contributed by atoms with Crippen LogP contribution in [-0.4, -0.2) is 32.8 Å². The van der Waals surface area contributed by atoms with Gasteiger partial charge in [0.1, 0.15) is 5.82 Å². The van der Waals surface area contributed by atoms with Crippen molar-refractivity contribution in [1.29, 1.82) is 0 Å². The normalized spacial score (nSPS) is 15.9. The summed E-state index contributed by atoms with van der Waals surface area (Å²) in [6, 6.07) is 5.49. The smallest absolute Gasteiger partial charge is 0.165 e. The summed E-state index contributed by atoms with van der Waals surface area (Å²) in [5.74, 6) is 1.72. The first-order chi connectivity index (χ1) is 9.63. The summed E-state index contributed by atoms with van der Waals surface area (Å²) in [6.45, 7) is 5.04. The highest BCUT2D eigenvalue weighted by molar-refractivity contribution is 6.42. The Hall–Kier alpha value is -1.10. The highest BCUT2D eigenvalue weighted by atomic mass is 35.5. The lowest BCUT2D eigenvalue weighted by molar-refractivity contribution is 0.322. The SMILES string of the molecule is Cc1nc(CN2CCCC2)nn1-c1ccc(Cl)c(Cl)c1. The standard InChI is InChI=1S/C14H16Cl2N4/c1-10-17-14(9-19-6-2-3-7-19)18-20(10)11-4-5-12(15)13(16)8-11/h4-5,8H,2-3,6-7,9H2,1H3. The lowest BCUT2D eigenvalue weighted by Crippen LogP contribution is -2.19. The van der Waals surface area contributed by atoms with Crippen LogP contribution in [0.3, 0.4) is 0 Å². The van der Waals surface area contributed by atoms with Gasteiger partial charge in [0.2, 0.25) is 0 Å². The van der Waals surface area contributed by atoms with Crippen molar-refractivity contribution in [3.05, 3.63) is 39.9 Å². The quantitative estimate of drug-likeness (QED) is 0.870. The number of rotatable bonds is 3. The van der Waals surface area contributed by atoms with E-state index in [9.17, 15) is 0 Å². The molecule has 106 valence electrons. The molecule has 1 aromatic heterocycles. The zero-order chi connectivity index (χ0) is 14.1. The molecule has 0 aliphatic carbocycles. The molecule has 0 amide bonds. The van der Waals surface area contributed by atoms with Gasteiger partial charge < -0.3 is 0 Å². The van der Waals surface area contributed by atoms with Crippen LogP contribution in [0.4, 0.5) is 0 Å². The third kappa shape index (κ3) is 2.82. The van der Waals surface area contributed by atoms with Crippen LogP contribution < -0.4 is 0 Å². The third-order valence-corrected chi connectivity index (χ3v) is 4.26. The minimum Gasteiger partial charge on any atom is -0.296 e. The highest BCUT2D eigenvalue weighted by Crippen LogP contribution is 2.24. The third-order valence-electron chi connectivity index (χ3n) is 3.52. The molecule has 0 spiro atoms. The number of halogens is 2. The summed E-state index contributed by atoms with van der Waals surface area (Å²) in [6.07, 6.45) is 2.54. The molecule has 0 radical (unpaired) electrons. The molecule has 0 saturated carbocycles. The lowest BCUT2D eigenvalue weighted by Gasteiger charge is -2.10. The zero-order valence-corrected chi connectivity index (χ0v) is 12.8. The Morgan fingerprint density at radius 3 is 2.60 bits per heavy atom. The van der Waals surface area contributed by atoms with Gasteiger partial charge in [-0.05, 0) is 51.1 Å². The fourth-order valence-corrected chi connectivity index (χ4v) is 2.81. The maximum Gasteiger partial charge on any atom is 0.165 e. The Kier molecular flexibility index (Phi) is 3.96. The van der Waals surface area contributed by atoms with Crippen LogP contribution in [0.15, 0.2) is 18.2 Å². The average molecular weight is 311 g/mol. The Bertz CT molecular complexity index is 618. The fraction of sp³-hybridized carbons (Fsp3) is 0.429. The van der Waals surface area contributed by atoms with Gasteiger partial charge in [0.05, 0.1) is 22.3 Å². The summed E-state index contributed by atoms with van der Waals surface area (Å²) >= 11 is 12.0. The summed E-state index contributed by atoms with van der Waals surface area (Å²) in [4.78, 5) is 6.92. The summed E-state index contributed by atoms with van der Waals surface area (Å²) in [7, 11) is 0. The second-order valence-corrected chi connectivity index (χ2v) is 5.88. The van der Waals surface area contributed by atoms with E-state index in [0.29, 0.717) is 10.0 Å². The van der Waals surface area contributed by atoms with Crippen LogP contribution in [0.5, 0.6) is 0 Å². The molecule has 0 atom stereocenters. The van der Waals surface area contributed by atoms with Crippen molar-refractivity contribution in [3.63, 3.8) is 0 Å². The van der Waals surface area contributed by atoms with Crippen LogP contribution in [0.25, 0.3) is 5.69 Å². The van der Waals surface area contributed by atoms with Crippen LogP contribution in [0.1, 0.15) is 24.5 Å². The van der Waals surface area contributed by atoms with Gasteiger partial charge in [-0.25, -0.2) is 9.67 Å². The number of likely N-dealkylation sites (tertiary alicyclic amines) is 1. The molecule has 0 unspecified atom stereocenters. The summed E-state index contributed by atoms with van der Waals surface area (Å²) in [5, 5.41) is 5.65. The lowest BCUT2D eigenvalue weighted by atomic mass is 10.3. The molecular formula is C14H16Cl2N4. The first-order valence-electron chi connectivity index (χ1n) is 6.74. The van der Waals surface area contributed by atoms with Crippen LogP contribution >= 0.6 is 23.2 Å². The Morgan fingerprint density at radius 2 is 1.90 bits per heavy atom. The fourth-order valence-electron chi connectivity index (χ4n) is 2.51. The van der Waals surface area contributed by atoms with E-state index in [1.165, 1.54) is 12.8 Å². The van der Waals surface area contributed by atoms with E-state index in [2.05, 4.69) is 15.0 Å². The first-order valence-corrected chi connectivity index (χ1v) is 7.49. The maximum absolute atomic E-state index is 6.06. The van der Waals surface area contributed by atoms with Crippen molar-refractivity contribution in [3.8, 4) is 5.69 Å². The van der Waals surface area contributed by atoms with Gasteiger partial charge in [-0.2, -0.15) is 0 Å². The molecule has 1 aliphatic heterocycles. The molecule has 3 rings (SSSR count). The predicted molar refractivity (Wildman–Crippen MR) is 80.6 cm³/mol. The minimum absolute atomic E-state index is 0.528. The van der Waals surface area contributed by atoms with Gasteiger partial charge in [0.15, 0.2) is 5.82 Å². The van der Waals surface area contributed by atoms with Gasteiger partial charge >= 0.3 is 0 Å². The molecule has 1 fully saturated rings. The van der Waals surface area contributed by atoms with E-state index in [1.807, 2.05) is 23.7 Å². The van der Waals surface area contributed by atoms with E-state index in [1.54, 1.807) is 6.07 Å². The van der Waals surface area contributed by atoms with Crippen molar-refractivity contribution in [2.24, 2.45) is 0 Å². The molecular weight excluding hydrogens is 295 g/mol. The zero-order valence-electron chi connectivity index (χ0n) is 11.3. The Balaban J connectivity index is 1.85. The maximum atomic E-state index is 6.06. The number of aryl methyl sites for hydroxylation is 1. The second-order valence-electron chi connectivity index (χ2n) is 5.07. The van der Waals surface area contributed by atoms with Gasteiger partial charge in [-0.1, -0.05) is 23.2 Å². The highest BCUT2D eigenvalue weighted by Gasteiger charge is 2.16. The van der Waals surface area contributed by atoms with Crippen molar-refractivity contribution >= 4 is 23.2 Å². The molecule has 4 nitrogen and oxygen atoms in total. The number of hydrogen-bond acceptors (Lipinski definition) is 3. The summed E-state index contributed by atoms with van der Waals surface area (Å²) in [5.41, 5.74) is 0.886. The van der Waals surface area contributed by atoms with Crippen molar-refractivity contribution < 1.29 is 0 Å². The number of aromatic nitrogens is 3. The van der Waals surface area contributed by atoms with Crippen molar-refractivity contribution in [1.82, 2.24) is 19.7 Å². The number of benzene rings is 1. The van der Waals surface area contributed by atoms with E-state index in [4.69, 9.17) is 23.2 Å². The van der Waals surface area contributed by atoms with Crippen molar-refractivity contribution in [2.75, 3.05) is 13.1 Å². The van der Waals surface area contributed by atoms with Gasteiger partial charge in [0.25, 0.3) is 0 Å². The molecule has 2 heterocycles. The monoisotopic (exact) mass is 310 g/mol. The van der Waals surface area contributed by atoms with Crippen LogP contribution in [0, 0.1) is 6.92 Å². The molecule has 1 aromatic carbocycles. The molecule has 2 aromatic rings. The topological polar surface area (TPSA) is 34.0 Å². The van der Waals surface area contributed by atoms with Gasteiger partial charge in [-0.15, -0.1) is 5.10 Å². The van der Waals surface area contributed by atoms with E-state index < -0.39 is 0 Å². The minimum atomic E-state index is 0.528.